The predicted molar refractivity (Wildman–Crippen MR) is 107 cm³/mol. The summed E-state index contributed by atoms with van der Waals surface area (Å²) in [4.78, 5) is 25.5. The minimum atomic E-state index is -0.347. The van der Waals surface area contributed by atoms with Gasteiger partial charge in [0.2, 0.25) is 11.8 Å². The van der Waals surface area contributed by atoms with Crippen LogP contribution in [-0.4, -0.2) is 46.8 Å². The van der Waals surface area contributed by atoms with E-state index < -0.39 is 0 Å². The fourth-order valence-corrected chi connectivity index (χ4v) is 3.18. The third kappa shape index (κ3) is 5.41. The molecule has 0 unspecified atom stereocenters. The first-order valence-electron chi connectivity index (χ1n) is 8.73. The van der Waals surface area contributed by atoms with E-state index in [2.05, 4.69) is 15.5 Å². The van der Waals surface area contributed by atoms with E-state index in [-0.39, 0.29) is 34.5 Å². The summed E-state index contributed by atoms with van der Waals surface area (Å²) >= 11 is 1.14. The molecule has 0 radical (unpaired) electrons. The molecular weight excluding hydrogens is 395 g/mol. The number of aromatic nitrogens is 2. The molecule has 1 aromatic heterocycles. The van der Waals surface area contributed by atoms with E-state index in [1.54, 1.807) is 43.3 Å². The summed E-state index contributed by atoms with van der Waals surface area (Å²) in [5, 5.41) is 10.7. The van der Waals surface area contributed by atoms with Crippen molar-refractivity contribution in [2.75, 3.05) is 19.8 Å². The molecular formula is C20H19FN4O3S. The molecule has 0 aliphatic carbocycles. The zero-order chi connectivity index (χ0) is 20.8. The van der Waals surface area contributed by atoms with E-state index in [1.165, 1.54) is 12.1 Å². The molecule has 2 aromatic carbocycles. The summed E-state index contributed by atoms with van der Waals surface area (Å²) in [6.45, 7) is 0.415. The van der Waals surface area contributed by atoms with Gasteiger partial charge in [-0.2, -0.15) is 0 Å². The summed E-state index contributed by atoms with van der Waals surface area (Å²) in [7, 11) is 3.28. The lowest BCUT2D eigenvalue weighted by molar-refractivity contribution is -0.127. The van der Waals surface area contributed by atoms with Crippen LogP contribution in [0.3, 0.4) is 0 Å². The number of halogens is 1. The second-order valence-corrected chi connectivity index (χ2v) is 7.12. The highest BCUT2D eigenvalue weighted by molar-refractivity contribution is 7.99. The van der Waals surface area contributed by atoms with E-state index in [9.17, 15) is 14.0 Å². The number of carbonyl (C=O) groups is 2. The number of nitrogens with one attached hydrogen (secondary N) is 1. The van der Waals surface area contributed by atoms with Crippen molar-refractivity contribution in [3.8, 4) is 11.5 Å². The second-order valence-electron chi connectivity index (χ2n) is 6.19. The molecule has 1 N–H and O–H groups in total. The zero-order valence-electron chi connectivity index (χ0n) is 15.9. The van der Waals surface area contributed by atoms with Crippen LogP contribution >= 0.6 is 11.8 Å². The summed E-state index contributed by atoms with van der Waals surface area (Å²) in [6.07, 6.45) is 0. The number of hydrogen-bond donors (Lipinski definition) is 1. The van der Waals surface area contributed by atoms with Crippen LogP contribution in [0.1, 0.15) is 15.9 Å². The van der Waals surface area contributed by atoms with E-state index >= 15 is 0 Å². The van der Waals surface area contributed by atoms with E-state index in [0.29, 0.717) is 17.7 Å². The molecule has 7 nitrogen and oxygen atoms in total. The van der Waals surface area contributed by atoms with Crippen molar-refractivity contribution in [2.45, 2.75) is 11.8 Å². The molecule has 0 bridgehead atoms. The van der Waals surface area contributed by atoms with Crippen LogP contribution in [0.2, 0.25) is 0 Å². The van der Waals surface area contributed by atoms with Crippen molar-refractivity contribution >= 4 is 23.6 Å². The Labute approximate surface area is 171 Å². The minimum Gasteiger partial charge on any atom is -0.411 e. The second kappa shape index (κ2) is 9.33. The predicted octanol–water partition coefficient (Wildman–Crippen LogP) is 2.99. The molecule has 0 aliphatic heterocycles. The molecule has 9 heteroatoms. The molecule has 150 valence electrons. The summed E-state index contributed by atoms with van der Waals surface area (Å²) in [5.74, 6) is -0.203. The van der Waals surface area contributed by atoms with Crippen molar-refractivity contribution < 1.29 is 18.4 Å². The number of hydrogen-bond acceptors (Lipinski definition) is 6. The number of rotatable bonds is 7. The Morgan fingerprint density at radius 3 is 2.45 bits per heavy atom. The van der Waals surface area contributed by atoms with Gasteiger partial charge in [-0.1, -0.05) is 23.9 Å². The van der Waals surface area contributed by atoms with Gasteiger partial charge >= 0.3 is 0 Å². The van der Waals surface area contributed by atoms with E-state index in [0.717, 1.165) is 17.3 Å². The van der Waals surface area contributed by atoms with Gasteiger partial charge in [0.25, 0.3) is 11.1 Å². The molecule has 0 saturated carbocycles. The maximum Gasteiger partial charge on any atom is 0.277 e. The monoisotopic (exact) mass is 414 g/mol. The quantitative estimate of drug-likeness (QED) is 0.598. The lowest BCUT2D eigenvalue weighted by Crippen LogP contribution is -2.27. The Hall–Kier alpha value is -3.20. The van der Waals surface area contributed by atoms with Crippen LogP contribution in [0, 0.1) is 5.82 Å². The lowest BCUT2D eigenvalue weighted by Gasteiger charge is -2.16. The van der Waals surface area contributed by atoms with Crippen LogP contribution < -0.4 is 5.32 Å². The Kier molecular flexibility index (Phi) is 6.61. The third-order valence-electron chi connectivity index (χ3n) is 4.11. The number of benzene rings is 2. The maximum atomic E-state index is 13.0. The Balaban J connectivity index is 1.52. The van der Waals surface area contributed by atoms with Crippen molar-refractivity contribution in [3.63, 3.8) is 0 Å². The smallest absolute Gasteiger partial charge is 0.277 e. The lowest BCUT2D eigenvalue weighted by atomic mass is 10.1. The van der Waals surface area contributed by atoms with Gasteiger partial charge in [-0.3, -0.25) is 9.59 Å². The van der Waals surface area contributed by atoms with Gasteiger partial charge in [0.05, 0.1) is 5.75 Å². The van der Waals surface area contributed by atoms with Gasteiger partial charge in [0, 0.05) is 31.8 Å². The first kappa shape index (κ1) is 20.5. The van der Waals surface area contributed by atoms with Gasteiger partial charge < -0.3 is 14.6 Å². The zero-order valence-corrected chi connectivity index (χ0v) is 16.7. The number of carbonyl (C=O) groups excluding carboxylic acids is 2. The average molecular weight is 414 g/mol. The molecule has 0 aliphatic rings. The molecule has 0 spiro atoms. The molecule has 0 saturated heterocycles. The summed E-state index contributed by atoms with van der Waals surface area (Å²) in [5.41, 5.74) is 2.08. The molecule has 29 heavy (non-hydrogen) atoms. The SMILES string of the molecule is CNC(=O)c1ccc(CN(C)C(=O)CSc2nnc(-c3ccc(F)cc3)o2)cc1. The van der Waals surface area contributed by atoms with Gasteiger partial charge in [-0.15, -0.1) is 10.2 Å². The van der Waals surface area contributed by atoms with Crippen LogP contribution in [0.15, 0.2) is 58.2 Å². The number of amides is 2. The Bertz CT molecular complexity index is 990. The maximum absolute atomic E-state index is 13.0. The van der Waals surface area contributed by atoms with Gasteiger partial charge in [0.15, 0.2) is 0 Å². The van der Waals surface area contributed by atoms with Crippen LogP contribution in [0.4, 0.5) is 4.39 Å². The van der Waals surface area contributed by atoms with E-state index in [1.807, 2.05) is 12.1 Å². The molecule has 1 heterocycles. The van der Waals surface area contributed by atoms with Crippen LogP contribution in [0.25, 0.3) is 11.5 Å². The molecule has 0 fully saturated rings. The largest absolute Gasteiger partial charge is 0.411 e. The molecule has 0 atom stereocenters. The topological polar surface area (TPSA) is 88.3 Å². The van der Waals surface area contributed by atoms with Gasteiger partial charge in [-0.05, 0) is 42.0 Å². The highest BCUT2D eigenvalue weighted by Crippen LogP contribution is 2.23. The van der Waals surface area contributed by atoms with Gasteiger partial charge in [0.1, 0.15) is 5.82 Å². The highest BCUT2D eigenvalue weighted by atomic mass is 32.2. The van der Waals surface area contributed by atoms with Crippen molar-refractivity contribution in [1.29, 1.82) is 0 Å². The number of nitrogens with zero attached hydrogens (tertiary/aromatic N) is 3. The van der Waals surface area contributed by atoms with Crippen LogP contribution in [-0.2, 0) is 11.3 Å². The average Bonchev–Trinajstić information content (AvgIpc) is 3.21. The first-order chi connectivity index (χ1) is 14.0. The molecule has 3 aromatic rings. The third-order valence-corrected chi connectivity index (χ3v) is 4.91. The van der Waals surface area contributed by atoms with Crippen molar-refractivity contribution in [1.82, 2.24) is 20.4 Å². The fraction of sp³-hybridized carbons (Fsp3) is 0.200. The van der Waals surface area contributed by atoms with Crippen LogP contribution in [0.5, 0.6) is 0 Å². The fourth-order valence-electron chi connectivity index (χ4n) is 2.48. The summed E-state index contributed by atoms with van der Waals surface area (Å²) in [6, 6.07) is 12.8. The Morgan fingerprint density at radius 1 is 1.10 bits per heavy atom. The first-order valence-corrected chi connectivity index (χ1v) is 9.72. The normalized spacial score (nSPS) is 10.6. The van der Waals surface area contributed by atoms with Crippen molar-refractivity contribution in [2.24, 2.45) is 0 Å². The summed E-state index contributed by atoms with van der Waals surface area (Å²) < 4.78 is 18.5. The minimum absolute atomic E-state index is 0.105. The Morgan fingerprint density at radius 2 is 1.79 bits per heavy atom. The van der Waals surface area contributed by atoms with E-state index in [4.69, 9.17) is 4.42 Å². The van der Waals surface area contributed by atoms with Crippen molar-refractivity contribution in [3.05, 3.63) is 65.5 Å². The van der Waals surface area contributed by atoms with Gasteiger partial charge in [-0.25, -0.2) is 4.39 Å². The number of thioether (sulfide) groups is 1. The highest BCUT2D eigenvalue weighted by Gasteiger charge is 2.14. The standard InChI is InChI=1S/C20H19FN4O3S/c1-22-18(27)14-5-3-13(4-6-14)11-25(2)17(26)12-29-20-24-23-19(28-20)15-7-9-16(21)10-8-15/h3-10H,11-12H2,1-2H3,(H,22,27). The molecule has 3 rings (SSSR count). The molecule has 2 amide bonds.